The number of aliphatic hydroxyl groups is 1. The van der Waals surface area contributed by atoms with Crippen molar-refractivity contribution >= 4 is 0 Å². The lowest BCUT2D eigenvalue weighted by Gasteiger charge is -2.18. The minimum atomic E-state index is -0.446. The van der Waals surface area contributed by atoms with Gasteiger partial charge in [-0.3, -0.25) is 0 Å². The molecule has 2 unspecified atom stereocenters. The summed E-state index contributed by atoms with van der Waals surface area (Å²) in [5.74, 6) is 0.113. The van der Waals surface area contributed by atoms with Gasteiger partial charge in [0.1, 0.15) is 0 Å². The van der Waals surface area contributed by atoms with Gasteiger partial charge in [-0.2, -0.15) is 0 Å². The summed E-state index contributed by atoms with van der Waals surface area (Å²) < 4.78 is 0. The van der Waals surface area contributed by atoms with Crippen LogP contribution in [-0.4, -0.2) is 10.1 Å². The van der Waals surface area contributed by atoms with Gasteiger partial charge in [0, 0.05) is 18.3 Å². The molecule has 1 aromatic heterocycles. The lowest BCUT2D eigenvalue weighted by Crippen LogP contribution is -2.06. The normalized spacial score (nSPS) is 14.8. The van der Waals surface area contributed by atoms with Crippen LogP contribution in [-0.2, 0) is 0 Å². The first-order valence-corrected chi connectivity index (χ1v) is 5.14. The summed E-state index contributed by atoms with van der Waals surface area (Å²) in [7, 11) is 0. The smallest absolute Gasteiger partial charge is 0.0870 e. The Hall–Kier alpha value is -1.54. The van der Waals surface area contributed by atoms with Gasteiger partial charge < -0.3 is 10.1 Å². The quantitative estimate of drug-likeness (QED) is 0.787. The van der Waals surface area contributed by atoms with Crippen molar-refractivity contribution < 1.29 is 5.11 Å². The van der Waals surface area contributed by atoms with Gasteiger partial charge >= 0.3 is 0 Å². The van der Waals surface area contributed by atoms with Crippen LogP contribution in [0, 0.1) is 0 Å². The highest BCUT2D eigenvalue weighted by molar-refractivity contribution is 5.24. The molecule has 2 N–H and O–H groups in total. The van der Waals surface area contributed by atoms with Gasteiger partial charge in [0.2, 0.25) is 0 Å². The summed E-state index contributed by atoms with van der Waals surface area (Å²) in [5, 5.41) is 10.1. The molecule has 15 heavy (non-hydrogen) atoms. The monoisotopic (exact) mass is 201 g/mol. The fraction of sp³-hybridized carbons (Fsp3) is 0.231. The molecule has 0 aliphatic heterocycles. The third kappa shape index (κ3) is 2.10. The average Bonchev–Trinajstić information content (AvgIpc) is 2.82. The van der Waals surface area contributed by atoms with Crippen LogP contribution >= 0.6 is 0 Å². The Kier molecular flexibility index (Phi) is 2.88. The van der Waals surface area contributed by atoms with E-state index in [0.29, 0.717) is 0 Å². The molecule has 0 aliphatic rings. The van der Waals surface area contributed by atoms with Crippen molar-refractivity contribution in [1.29, 1.82) is 0 Å². The van der Waals surface area contributed by atoms with Gasteiger partial charge in [-0.05, 0) is 17.2 Å². The van der Waals surface area contributed by atoms with Gasteiger partial charge in [-0.1, -0.05) is 37.3 Å². The number of hydrogen-bond acceptors (Lipinski definition) is 1. The molecule has 0 bridgehead atoms. The van der Waals surface area contributed by atoms with E-state index in [1.165, 1.54) is 0 Å². The second-order valence-electron chi connectivity index (χ2n) is 3.79. The number of nitrogens with one attached hydrogen (secondary N) is 1. The summed E-state index contributed by atoms with van der Waals surface area (Å²) >= 11 is 0. The van der Waals surface area contributed by atoms with Crippen molar-refractivity contribution in [2.75, 3.05) is 0 Å². The molecule has 1 heterocycles. The summed E-state index contributed by atoms with van der Waals surface area (Å²) in [4.78, 5) is 2.96. The highest BCUT2D eigenvalue weighted by Gasteiger charge is 2.17. The van der Waals surface area contributed by atoms with Crippen molar-refractivity contribution in [3.8, 4) is 0 Å². The number of aliphatic hydroxyl groups excluding tert-OH is 1. The van der Waals surface area contributed by atoms with Crippen LogP contribution in [0.2, 0.25) is 0 Å². The van der Waals surface area contributed by atoms with Gasteiger partial charge in [0.15, 0.2) is 0 Å². The molecule has 0 amide bonds. The molecule has 0 saturated carbocycles. The maximum absolute atomic E-state index is 10.1. The average molecular weight is 201 g/mol. The van der Waals surface area contributed by atoms with E-state index in [0.717, 1.165) is 11.1 Å². The second kappa shape index (κ2) is 4.32. The Morgan fingerprint density at radius 3 is 2.40 bits per heavy atom. The van der Waals surface area contributed by atoms with E-state index in [4.69, 9.17) is 0 Å². The van der Waals surface area contributed by atoms with Crippen LogP contribution in [0.3, 0.4) is 0 Å². The van der Waals surface area contributed by atoms with Gasteiger partial charge in [0.25, 0.3) is 0 Å². The number of hydrogen-bond donors (Lipinski definition) is 2. The number of aromatic amines is 1. The zero-order chi connectivity index (χ0) is 10.7. The van der Waals surface area contributed by atoms with Crippen LogP contribution in [0.4, 0.5) is 0 Å². The van der Waals surface area contributed by atoms with Crippen LogP contribution in [0.1, 0.15) is 30.1 Å². The first-order chi connectivity index (χ1) is 7.29. The first kappa shape index (κ1) is 9.99. The number of rotatable bonds is 3. The molecule has 1 aromatic carbocycles. The van der Waals surface area contributed by atoms with E-state index in [-0.39, 0.29) is 5.92 Å². The topological polar surface area (TPSA) is 36.0 Å². The summed E-state index contributed by atoms with van der Waals surface area (Å²) in [6, 6.07) is 12.0. The van der Waals surface area contributed by atoms with E-state index in [1.54, 1.807) is 0 Å². The van der Waals surface area contributed by atoms with E-state index in [1.807, 2.05) is 55.7 Å². The van der Waals surface area contributed by atoms with Crippen LogP contribution in [0.25, 0.3) is 0 Å². The fourth-order valence-electron chi connectivity index (χ4n) is 1.75. The molecule has 0 spiro atoms. The maximum Gasteiger partial charge on any atom is 0.0870 e. The molecule has 0 saturated heterocycles. The SMILES string of the molecule is CC(c1ccccc1)C(O)c1cc[nH]c1. The summed E-state index contributed by atoms with van der Waals surface area (Å²) in [6.07, 6.45) is 3.22. The molecule has 0 fully saturated rings. The Bertz CT molecular complexity index is 394. The van der Waals surface area contributed by atoms with Crippen molar-refractivity contribution in [1.82, 2.24) is 4.98 Å². The lowest BCUT2D eigenvalue weighted by molar-refractivity contribution is 0.152. The van der Waals surface area contributed by atoms with Crippen LogP contribution in [0.5, 0.6) is 0 Å². The number of aromatic nitrogens is 1. The van der Waals surface area contributed by atoms with Crippen molar-refractivity contribution in [2.24, 2.45) is 0 Å². The third-order valence-electron chi connectivity index (χ3n) is 2.76. The molecule has 2 nitrogen and oxygen atoms in total. The second-order valence-corrected chi connectivity index (χ2v) is 3.79. The van der Waals surface area contributed by atoms with Crippen molar-refractivity contribution in [3.05, 3.63) is 59.9 Å². The van der Waals surface area contributed by atoms with Crippen molar-refractivity contribution in [2.45, 2.75) is 18.9 Å². The van der Waals surface area contributed by atoms with E-state index in [9.17, 15) is 5.11 Å². The summed E-state index contributed by atoms with van der Waals surface area (Å²) in [6.45, 7) is 2.03. The zero-order valence-corrected chi connectivity index (χ0v) is 8.72. The first-order valence-electron chi connectivity index (χ1n) is 5.14. The largest absolute Gasteiger partial charge is 0.388 e. The highest BCUT2D eigenvalue weighted by atomic mass is 16.3. The van der Waals surface area contributed by atoms with Crippen LogP contribution in [0.15, 0.2) is 48.8 Å². The fourth-order valence-corrected chi connectivity index (χ4v) is 1.75. The Morgan fingerprint density at radius 1 is 1.07 bits per heavy atom. The maximum atomic E-state index is 10.1. The van der Waals surface area contributed by atoms with E-state index in [2.05, 4.69) is 4.98 Å². The molecule has 2 aromatic rings. The summed E-state index contributed by atoms with van der Waals surface area (Å²) in [5.41, 5.74) is 2.09. The number of benzene rings is 1. The molecule has 78 valence electrons. The van der Waals surface area contributed by atoms with Gasteiger partial charge in [-0.15, -0.1) is 0 Å². The van der Waals surface area contributed by atoms with Gasteiger partial charge in [0.05, 0.1) is 6.10 Å². The molecule has 2 heteroatoms. The molecule has 2 rings (SSSR count). The minimum absolute atomic E-state index is 0.113. The predicted octanol–water partition coefficient (Wildman–Crippen LogP) is 2.85. The molecular weight excluding hydrogens is 186 g/mol. The molecule has 0 radical (unpaired) electrons. The van der Waals surface area contributed by atoms with E-state index < -0.39 is 6.10 Å². The zero-order valence-electron chi connectivity index (χ0n) is 8.72. The molecule has 0 aliphatic carbocycles. The number of H-pyrrole nitrogens is 1. The predicted molar refractivity (Wildman–Crippen MR) is 60.6 cm³/mol. The standard InChI is InChI=1S/C13H15NO/c1-10(11-5-3-2-4-6-11)13(15)12-7-8-14-9-12/h2-10,13-15H,1H3. The van der Waals surface area contributed by atoms with E-state index >= 15 is 0 Å². The van der Waals surface area contributed by atoms with Gasteiger partial charge in [-0.25, -0.2) is 0 Å². The highest BCUT2D eigenvalue weighted by Crippen LogP contribution is 2.29. The Morgan fingerprint density at radius 2 is 1.80 bits per heavy atom. The Labute approximate surface area is 89.6 Å². The Balaban J connectivity index is 2.18. The van der Waals surface area contributed by atoms with Crippen LogP contribution < -0.4 is 0 Å². The van der Waals surface area contributed by atoms with Crippen molar-refractivity contribution in [3.63, 3.8) is 0 Å². The minimum Gasteiger partial charge on any atom is -0.388 e. The lowest BCUT2D eigenvalue weighted by atomic mass is 9.92. The third-order valence-corrected chi connectivity index (χ3v) is 2.76. The molecular formula is C13H15NO. The molecule has 2 atom stereocenters.